The highest BCUT2D eigenvalue weighted by molar-refractivity contribution is 7.92. The molecule has 3 rings (SSSR count). The molecule has 0 bridgehead atoms. The Kier molecular flexibility index (Phi) is 4.26. The van der Waals surface area contributed by atoms with E-state index in [-0.39, 0.29) is 10.6 Å². The molecule has 0 saturated heterocycles. The Morgan fingerprint density at radius 3 is 2.42 bits per heavy atom. The zero-order valence-electron chi connectivity index (χ0n) is 13.2. The molecule has 0 unspecified atom stereocenters. The molecule has 2 aromatic carbocycles. The average Bonchev–Trinajstić information content (AvgIpc) is 2.96. The Hall–Kier alpha value is -2.80. The van der Waals surface area contributed by atoms with Gasteiger partial charge < -0.3 is 9.26 Å². The fraction of sp³-hybridized carbons (Fsp3) is 0.118. The van der Waals surface area contributed by atoms with Gasteiger partial charge in [-0.3, -0.25) is 4.72 Å². The summed E-state index contributed by atoms with van der Waals surface area (Å²) in [5.74, 6) is 0.631. The quantitative estimate of drug-likeness (QED) is 0.766. The van der Waals surface area contributed by atoms with Crippen LogP contribution >= 0.6 is 0 Å². The third-order valence-corrected chi connectivity index (χ3v) is 4.88. The number of nitrogens with zero attached hydrogens (tertiary/aromatic N) is 1. The van der Waals surface area contributed by atoms with Crippen molar-refractivity contribution in [2.24, 2.45) is 0 Å². The molecule has 1 heterocycles. The van der Waals surface area contributed by atoms with E-state index < -0.39 is 10.0 Å². The standard InChI is InChI=1S/C17H16N2O4S/c1-12-16(17(23-18-12)13-8-4-3-5-9-13)19-24(20,21)15-11-7-6-10-14(15)22-2/h3-11,19H,1-2H3. The number of nitrogens with one attached hydrogen (secondary N) is 1. The molecule has 0 saturated carbocycles. The third kappa shape index (κ3) is 2.98. The average molecular weight is 344 g/mol. The molecule has 0 spiro atoms. The molecule has 7 heteroatoms. The highest BCUT2D eigenvalue weighted by atomic mass is 32.2. The number of aromatic nitrogens is 1. The van der Waals surface area contributed by atoms with Gasteiger partial charge in [-0.15, -0.1) is 0 Å². The number of sulfonamides is 1. The minimum atomic E-state index is -3.85. The van der Waals surface area contributed by atoms with Crippen LogP contribution in [-0.4, -0.2) is 20.7 Å². The van der Waals surface area contributed by atoms with Crippen LogP contribution in [-0.2, 0) is 10.0 Å². The number of hydrogen-bond donors (Lipinski definition) is 1. The van der Waals surface area contributed by atoms with Crippen molar-refractivity contribution in [1.29, 1.82) is 0 Å². The largest absolute Gasteiger partial charge is 0.495 e. The lowest BCUT2D eigenvalue weighted by atomic mass is 10.1. The molecule has 6 nitrogen and oxygen atoms in total. The van der Waals surface area contributed by atoms with Crippen LogP contribution in [0, 0.1) is 6.92 Å². The van der Waals surface area contributed by atoms with Gasteiger partial charge in [-0.2, -0.15) is 0 Å². The van der Waals surface area contributed by atoms with Crippen molar-refractivity contribution in [2.45, 2.75) is 11.8 Å². The molecule has 0 amide bonds. The molecule has 0 aliphatic rings. The van der Waals surface area contributed by atoms with E-state index in [1.165, 1.54) is 13.2 Å². The van der Waals surface area contributed by atoms with Gasteiger partial charge in [0.25, 0.3) is 10.0 Å². The third-order valence-electron chi connectivity index (χ3n) is 3.49. The second kappa shape index (κ2) is 6.37. The van der Waals surface area contributed by atoms with E-state index in [0.717, 1.165) is 5.56 Å². The van der Waals surface area contributed by atoms with Gasteiger partial charge in [-0.05, 0) is 19.1 Å². The second-order valence-electron chi connectivity index (χ2n) is 5.09. The summed E-state index contributed by atoms with van der Waals surface area (Å²) in [7, 11) is -2.43. The molecular formula is C17H16N2O4S. The van der Waals surface area contributed by atoms with Gasteiger partial charge in [-0.25, -0.2) is 8.42 Å². The lowest BCUT2D eigenvalue weighted by molar-refractivity contribution is 0.403. The van der Waals surface area contributed by atoms with E-state index >= 15 is 0 Å². The van der Waals surface area contributed by atoms with E-state index in [1.54, 1.807) is 25.1 Å². The van der Waals surface area contributed by atoms with Crippen molar-refractivity contribution in [1.82, 2.24) is 5.16 Å². The second-order valence-corrected chi connectivity index (χ2v) is 6.75. The summed E-state index contributed by atoms with van der Waals surface area (Å²) in [4.78, 5) is 0.0483. The monoisotopic (exact) mass is 344 g/mol. The zero-order valence-corrected chi connectivity index (χ0v) is 14.0. The van der Waals surface area contributed by atoms with Crippen LogP contribution in [0.15, 0.2) is 64.0 Å². The van der Waals surface area contributed by atoms with Crippen molar-refractivity contribution in [3.8, 4) is 17.1 Å². The van der Waals surface area contributed by atoms with Crippen LogP contribution in [0.4, 0.5) is 5.69 Å². The van der Waals surface area contributed by atoms with Crippen molar-refractivity contribution >= 4 is 15.7 Å². The normalized spacial score (nSPS) is 11.2. The molecular weight excluding hydrogens is 328 g/mol. The Morgan fingerprint density at radius 1 is 1.04 bits per heavy atom. The Morgan fingerprint density at radius 2 is 1.71 bits per heavy atom. The zero-order chi connectivity index (χ0) is 17.2. The first-order valence-electron chi connectivity index (χ1n) is 7.20. The highest BCUT2D eigenvalue weighted by Gasteiger charge is 2.24. The van der Waals surface area contributed by atoms with Crippen molar-refractivity contribution in [3.05, 3.63) is 60.3 Å². The van der Waals surface area contributed by atoms with Gasteiger partial charge in [-0.1, -0.05) is 47.6 Å². The Labute approximate surface area is 140 Å². The molecule has 0 radical (unpaired) electrons. The predicted molar refractivity (Wildman–Crippen MR) is 90.5 cm³/mol. The summed E-state index contributed by atoms with van der Waals surface area (Å²) in [6.45, 7) is 1.68. The van der Waals surface area contributed by atoms with Crippen molar-refractivity contribution in [2.75, 3.05) is 11.8 Å². The van der Waals surface area contributed by atoms with Gasteiger partial charge in [0.15, 0.2) is 5.76 Å². The number of para-hydroxylation sites is 1. The number of rotatable bonds is 5. The molecule has 1 aromatic heterocycles. The maximum absolute atomic E-state index is 12.8. The maximum Gasteiger partial charge on any atom is 0.265 e. The summed E-state index contributed by atoms with van der Waals surface area (Å²) in [5, 5.41) is 3.88. The van der Waals surface area contributed by atoms with Gasteiger partial charge in [0.05, 0.1) is 7.11 Å². The van der Waals surface area contributed by atoms with Crippen molar-refractivity contribution in [3.63, 3.8) is 0 Å². The van der Waals surface area contributed by atoms with E-state index in [9.17, 15) is 8.42 Å². The first-order chi connectivity index (χ1) is 11.5. The summed E-state index contributed by atoms with van der Waals surface area (Å²) >= 11 is 0. The summed E-state index contributed by atoms with van der Waals surface area (Å²) < 4.78 is 38.5. The molecule has 0 aliphatic heterocycles. The molecule has 1 N–H and O–H groups in total. The number of benzene rings is 2. The number of ether oxygens (including phenoxy) is 1. The van der Waals surface area contributed by atoms with E-state index in [2.05, 4.69) is 9.88 Å². The van der Waals surface area contributed by atoms with Gasteiger partial charge in [0.2, 0.25) is 0 Å². The molecule has 0 atom stereocenters. The number of aryl methyl sites for hydroxylation is 1. The minimum Gasteiger partial charge on any atom is -0.495 e. The van der Waals surface area contributed by atoms with Gasteiger partial charge in [0, 0.05) is 5.56 Å². The van der Waals surface area contributed by atoms with Gasteiger partial charge >= 0.3 is 0 Å². The van der Waals surface area contributed by atoms with Crippen LogP contribution in [0.2, 0.25) is 0 Å². The van der Waals surface area contributed by atoms with Crippen LogP contribution < -0.4 is 9.46 Å². The van der Waals surface area contributed by atoms with E-state index in [4.69, 9.17) is 9.26 Å². The lowest BCUT2D eigenvalue weighted by Gasteiger charge is -2.11. The summed E-state index contributed by atoms with van der Waals surface area (Å²) in [6.07, 6.45) is 0. The summed E-state index contributed by atoms with van der Waals surface area (Å²) in [5.41, 5.74) is 1.50. The molecule has 0 aliphatic carbocycles. The van der Waals surface area contributed by atoms with Crippen LogP contribution in [0.25, 0.3) is 11.3 Å². The fourth-order valence-electron chi connectivity index (χ4n) is 2.31. The molecule has 3 aromatic rings. The lowest BCUT2D eigenvalue weighted by Crippen LogP contribution is -2.14. The van der Waals surface area contributed by atoms with E-state index in [0.29, 0.717) is 17.1 Å². The number of hydrogen-bond acceptors (Lipinski definition) is 5. The highest BCUT2D eigenvalue weighted by Crippen LogP contribution is 2.33. The van der Waals surface area contributed by atoms with Crippen LogP contribution in [0.3, 0.4) is 0 Å². The molecule has 124 valence electrons. The Bertz CT molecular complexity index is 950. The summed E-state index contributed by atoms with van der Waals surface area (Å²) in [6, 6.07) is 15.6. The van der Waals surface area contributed by atoms with Gasteiger partial charge in [0.1, 0.15) is 22.0 Å². The first kappa shape index (κ1) is 16.1. The maximum atomic E-state index is 12.8. The van der Waals surface area contributed by atoms with E-state index in [1.807, 2.05) is 30.3 Å². The van der Waals surface area contributed by atoms with Crippen LogP contribution in [0.1, 0.15) is 5.69 Å². The SMILES string of the molecule is COc1ccccc1S(=O)(=O)Nc1c(C)noc1-c1ccccc1. The smallest absolute Gasteiger partial charge is 0.265 e. The van der Waals surface area contributed by atoms with Crippen LogP contribution in [0.5, 0.6) is 5.75 Å². The topological polar surface area (TPSA) is 81.4 Å². The minimum absolute atomic E-state index is 0.0483. The Balaban J connectivity index is 2.04. The fourth-order valence-corrected chi connectivity index (χ4v) is 3.60. The van der Waals surface area contributed by atoms with Crippen molar-refractivity contribution < 1.29 is 17.7 Å². The molecule has 0 fully saturated rings. The predicted octanol–water partition coefficient (Wildman–Crippen LogP) is 3.46. The molecule has 24 heavy (non-hydrogen) atoms. The number of anilines is 1. The number of methoxy groups -OCH3 is 1. The first-order valence-corrected chi connectivity index (χ1v) is 8.69.